The maximum absolute atomic E-state index is 12.0. The van der Waals surface area contributed by atoms with E-state index in [0.29, 0.717) is 0 Å². The fourth-order valence-corrected chi connectivity index (χ4v) is 2.81. The molecule has 3 heteroatoms. The van der Waals surface area contributed by atoms with E-state index in [9.17, 15) is 4.79 Å². The van der Waals surface area contributed by atoms with E-state index in [-0.39, 0.29) is 17.5 Å². The van der Waals surface area contributed by atoms with Gasteiger partial charge >= 0.3 is 5.97 Å². The normalized spacial score (nSPS) is 29.3. The summed E-state index contributed by atoms with van der Waals surface area (Å²) in [5, 5.41) is 0. The van der Waals surface area contributed by atoms with Crippen LogP contribution in [0.4, 0.5) is 0 Å². The molecule has 0 heterocycles. The second kappa shape index (κ2) is 6.24. The molecule has 0 spiro atoms. The molecule has 16 heavy (non-hydrogen) atoms. The van der Waals surface area contributed by atoms with Crippen molar-refractivity contribution in [3.05, 3.63) is 0 Å². The lowest BCUT2D eigenvalue weighted by atomic mass is 9.79. The van der Waals surface area contributed by atoms with Crippen LogP contribution in [-0.2, 0) is 14.3 Å². The van der Waals surface area contributed by atoms with Gasteiger partial charge in [0, 0.05) is 6.61 Å². The summed E-state index contributed by atoms with van der Waals surface area (Å²) in [5.74, 6) is -0.0760. The summed E-state index contributed by atoms with van der Waals surface area (Å²) in [4.78, 5) is 12.0. The molecular formula is C13H24O3. The van der Waals surface area contributed by atoms with Crippen LogP contribution in [0, 0.1) is 5.41 Å². The summed E-state index contributed by atoms with van der Waals surface area (Å²) in [6, 6.07) is 0. The van der Waals surface area contributed by atoms with Crippen LogP contribution in [0.1, 0.15) is 52.4 Å². The van der Waals surface area contributed by atoms with Crippen molar-refractivity contribution in [2.45, 2.75) is 58.5 Å². The fourth-order valence-electron chi connectivity index (χ4n) is 2.81. The molecular weight excluding hydrogens is 204 g/mol. The van der Waals surface area contributed by atoms with Crippen LogP contribution in [-0.4, -0.2) is 25.8 Å². The van der Waals surface area contributed by atoms with Crippen LogP contribution in [0.2, 0.25) is 0 Å². The van der Waals surface area contributed by atoms with Gasteiger partial charge in [0.15, 0.2) is 0 Å². The molecule has 0 amide bonds. The quantitative estimate of drug-likeness (QED) is 0.656. The summed E-state index contributed by atoms with van der Waals surface area (Å²) >= 11 is 0. The Morgan fingerprint density at radius 1 is 1.38 bits per heavy atom. The Bertz CT molecular complexity index is 227. The minimum absolute atomic E-state index is 0.0693. The molecule has 2 unspecified atom stereocenters. The minimum atomic E-state index is -0.362. The first-order chi connectivity index (χ1) is 7.71. The van der Waals surface area contributed by atoms with Crippen molar-refractivity contribution in [3.8, 4) is 0 Å². The van der Waals surface area contributed by atoms with Gasteiger partial charge < -0.3 is 9.47 Å². The van der Waals surface area contributed by atoms with Crippen molar-refractivity contribution in [2.75, 3.05) is 13.7 Å². The van der Waals surface area contributed by atoms with Gasteiger partial charge in [-0.3, -0.25) is 4.79 Å². The zero-order chi connectivity index (χ0) is 12.0. The number of carbonyl (C=O) groups is 1. The SMILES string of the molecule is CCCOC1CCCC1(CCC)C(=O)OC. The van der Waals surface area contributed by atoms with Gasteiger partial charge in [-0.1, -0.05) is 20.3 Å². The second-order valence-corrected chi connectivity index (χ2v) is 4.65. The summed E-state index contributed by atoms with van der Waals surface area (Å²) < 4.78 is 10.8. The van der Waals surface area contributed by atoms with Crippen molar-refractivity contribution in [2.24, 2.45) is 5.41 Å². The molecule has 0 aliphatic heterocycles. The number of rotatable bonds is 6. The van der Waals surface area contributed by atoms with Crippen molar-refractivity contribution in [1.82, 2.24) is 0 Å². The number of hydrogen-bond donors (Lipinski definition) is 0. The Kier molecular flexibility index (Phi) is 5.26. The van der Waals surface area contributed by atoms with Gasteiger partial charge in [0.25, 0.3) is 0 Å². The average molecular weight is 228 g/mol. The van der Waals surface area contributed by atoms with Gasteiger partial charge in [0.05, 0.1) is 18.6 Å². The van der Waals surface area contributed by atoms with E-state index in [2.05, 4.69) is 13.8 Å². The summed E-state index contributed by atoms with van der Waals surface area (Å²) in [6.07, 6.45) is 5.94. The molecule has 94 valence electrons. The van der Waals surface area contributed by atoms with E-state index >= 15 is 0 Å². The van der Waals surface area contributed by atoms with Crippen molar-refractivity contribution in [1.29, 1.82) is 0 Å². The third-order valence-corrected chi connectivity index (χ3v) is 3.52. The van der Waals surface area contributed by atoms with Crippen molar-refractivity contribution < 1.29 is 14.3 Å². The zero-order valence-corrected chi connectivity index (χ0v) is 10.8. The maximum atomic E-state index is 12.0. The van der Waals surface area contributed by atoms with E-state index in [0.717, 1.165) is 45.1 Å². The number of hydrogen-bond acceptors (Lipinski definition) is 3. The zero-order valence-electron chi connectivity index (χ0n) is 10.8. The lowest BCUT2D eigenvalue weighted by Crippen LogP contribution is -2.41. The van der Waals surface area contributed by atoms with Gasteiger partial charge in [-0.15, -0.1) is 0 Å². The maximum Gasteiger partial charge on any atom is 0.314 e. The minimum Gasteiger partial charge on any atom is -0.469 e. The highest BCUT2D eigenvalue weighted by atomic mass is 16.5. The van der Waals surface area contributed by atoms with Crippen molar-refractivity contribution >= 4 is 5.97 Å². The highest BCUT2D eigenvalue weighted by molar-refractivity contribution is 5.78. The molecule has 1 rings (SSSR count). The molecule has 3 nitrogen and oxygen atoms in total. The number of carbonyl (C=O) groups excluding carboxylic acids is 1. The molecule has 1 aliphatic carbocycles. The monoisotopic (exact) mass is 228 g/mol. The molecule has 1 aliphatic rings. The lowest BCUT2D eigenvalue weighted by Gasteiger charge is -2.32. The Balaban J connectivity index is 2.76. The average Bonchev–Trinajstić information content (AvgIpc) is 2.70. The largest absolute Gasteiger partial charge is 0.469 e. The molecule has 0 aromatic rings. The van der Waals surface area contributed by atoms with Gasteiger partial charge in [-0.25, -0.2) is 0 Å². The highest BCUT2D eigenvalue weighted by Gasteiger charge is 2.49. The third-order valence-electron chi connectivity index (χ3n) is 3.52. The van der Waals surface area contributed by atoms with Crippen molar-refractivity contribution in [3.63, 3.8) is 0 Å². The van der Waals surface area contributed by atoms with E-state index in [1.165, 1.54) is 7.11 Å². The first-order valence-electron chi connectivity index (χ1n) is 6.41. The van der Waals surface area contributed by atoms with Crippen LogP contribution >= 0.6 is 0 Å². The number of esters is 1. The fraction of sp³-hybridized carbons (Fsp3) is 0.923. The second-order valence-electron chi connectivity index (χ2n) is 4.65. The van der Waals surface area contributed by atoms with Gasteiger partial charge in [-0.2, -0.15) is 0 Å². The van der Waals surface area contributed by atoms with Crippen LogP contribution in [0.15, 0.2) is 0 Å². The summed E-state index contributed by atoms with van der Waals surface area (Å²) in [5.41, 5.74) is -0.362. The van der Waals surface area contributed by atoms with E-state index in [4.69, 9.17) is 9.47 Å². The standard InChI is InChI=1S/C13H24O3/c1-4-8-13(12(14)15-3)9-6-7-11(13)16-10-5-2/h11H,4-10H2,1-3H3. The Morgan fingerprint density at radius 2 is 2.12 bits per heavy atom. The van der Waals surface area contributed by atoms with Crippen LogP contribution in [0.25, 0.3) is 0 Å². The third kappa shape index (κ3) is 2.57. The molecule has 1 saturated carbocycles. The number of methoxy groups -OCH3 is 1. The Morgan fingerprint density at radius 3 is 2.69 bits per heavy atom. The Labute approximate surface area is 98.5 Å². The molecule has 0 aromatic carbocycles. The van der Waals surface area contributed by atoms with Gasteiger partial charge in [0.2, 0.25) is 0 Å². The molecule has 0 N–H and O–H groups in total. The molecule has 0 saturated heterocycles. The Hall–Kier alpha value is -0.570. The summed E-state index contributed by atoms with van der Waals surface area (Å²) in [6.45, 7) is 4.95. The molecule has 2 atom stereocenters. The van der Waals surface area contributed by atoms with Crippen LogP contribution in [0.3, 0.4) is 0 Å². The van der Waals surface area contributed by atoms with E-state index < -0.39 is 0 Å². The highest BCUT2D eigenvalue weighted by Crippen LogP contribution is 2.45. The van der Waals surface area contributed by atoms with E-state index in [1.807, 2.05) is 0 Å². The molecule has 1 fully saturated rings. The smallest absolute Gasteiger partial charge is 0.314 e. The molecule has 0 radical (unpaired) electrons. The summed E-state index contributed by atoms with van der Waals surface area (Å²) in [7, 11) is 1.48. The van der Waals surface area contributed by atoms with Gasteiger partial charge in [-0.05, 0) is 32.1 Å². The topological polar surface area (TPSA) is 35.5 Å². The predicted molar refractivity (Wildman–Crippen MR) is 63.2 cm³/mol. The predicted octanol–water partition coefficient (Wildman–Crippen LogP) is 2.93. The van der Waals surface area contributed by atoms with Gasteiger partial charge in [0.1, 0.15) is 0 Å². The van der Waals surface area contributed by atoms with Crippen LogP contribution in [0.5, 0.6) is 0 Å². The number of ether oxygens (including phenoxy) is 2. The lowest BCUT2D eigenvalue weighted by molar-refractivity contribution is -0.162. The van der Waals surface area contributed by atoms with E-state index in [1.54, 1.807) is 0 Å². The first-order valence-corrected chi connectivity index (χ1v) is 6.41. The van der Waals surface area contributed by atoms with Crippen LogP contribution < -0.4 is 0 Å². The molecule has 0 bridgehead atoms. The first kappa shape index (κ1) is 13.5. The molecule has 0 aromatic heterocycles.